The topological polar surface area (TPSA) is 69.7 Å². The molecule has 2 saturated heterocycles. The number of hydrogen-bond donors (Lipinski definition) is 1. The molecular weight excluding hydrogens is 422 g/mol. The van der Waals surface area contributed by atoms with Crippen molar-refractivity contribution in [3.8, 4) is 0 Å². The molecule has 0 bridgehead atoms. The summed E-state index contributed by atoms with van der Waals surface area (Å²) in [5.74, 6) is -0.262. The van der Waals surface area contributed by atoms with E-state index in [0.717, 1.165) is 56.4 Å². The predicted octanol–water partition coefficient (Wildman–Crippen LogP) is 4.34. The van der Waals surface area contributed by atoms with E-state index in [0.29, 0.717) is 18.7 Å². The normalized spacial score (nSPS) is 18.8. The molecule has 1 atom stereocenters. The maximum Gasteiger partial charge on any atom is 0.251 e. The minimum atomic E-state index is -3.67. The van der Waals surface area contributed by atoms with Crippen LogP contribution in [-0.2, 0) is 10.0 Å². The zero-order chi connectivity index (χ0) is 22.6. The zero-order valence-corrected chi connectivity index (χ0v) is 19.6. The van der Waals surface area contributed by atoms with Crippen LogP contribution in [0.3, 0.4) is 0 Å². The number of carbonyl (C=O) groups excluding carboxylic acids is 1. The van der Waals surface area contributed by atoms with Gasteiger partial charge in [0, 0.05) is 31.7 Å². The number of benzene rings is 2. The molecular formula is C25H33N3O3S. The molecule has 0 saturated carbocycles. The van der Waals surface area contributed by atoms with E-state index in [2.05, 4.69) is 10.2 Å². The summed E-state index contributed by atoms with van der Waals surface area (Å²) in [6, 6.07) is 14.7. The van der Waals surface area contributed by atoms with Gasteiger partial charge in [0.05, 0.1) is 11.7 Å². The van der Waals surface area contributed by atoms with Gasteiger partial charge < -0.3 is 10.2 Å². The SMILES string of the molecule is C[C@@H](NC(=O)c1ccc(N2CCCCC2)c(S(=O)(=O)N2CCCCC2)c1)c1ccccc1. The first-order valence-corrected chi connectivity index (χ1v) is 13.2. The Hall–Kier alpha value is -2.38. The number of piperidine rings is 2. The van der Waals surface area contributed by atoms with Crippen LogP contribution in [0.2, 0.25) is 0 Å². The Labute approximate surface area is 191 Å². The Kier molecular flexibility index (Phi) is 7.16. The van der Waals surface area contributed by atoms with E-state index in [9.17, 15) is 13.2 Å². The van der Waals surface area contributed by atoms with Crippen LogP contribution < -0.4 is 10.2 Å². The third-order valence-electron chi connectivity index (χ3n) is 6.50. The molecule has 0 unspecified atom stereocenters. The number of hydrogen-bond acceptors (Lipinski definition) is 4. The molecule has 2 heterocycles. The van der Waals surface area contributed by atoms with E-state index in [1.54, 1.807) is 16.4 Å². The molecule has 2 aromatic rings. The van der Waals surface area contributed by atoms with E-state index < -0.39 is 10.0 Å². The highest BCUT2D eigenvalue weighted by atomic mass is 32.2. The number of sulfonamides is 1. The summed E-state index contributed by atoms with van der Waals surface area (Å²) in [7, 11) is -3.67. The first-order chi connectivity index (χ1) is 15.5. The lowest BCUT2D eigenvalue weighted by atomic mass is 10.1. The molecule has 1 N–H and O–H groups in total. The highest BCUT2D eigenvalue weighted by molar-refractivity contribution is 7.89. The molecule has 0 aliphatic carbocycles. The van der Waals surface area contributed by atoms with Gasteiger partial charge in [-0.05, 0) is 62.8 Å². The maximum atomic E-state index is 13.6. The van der Waals surface area contributed by atoms with Crippen molar-refractivity contribution < 1.29 is 13.2 Å². The van der Waals surface area contributed by atoms with Crippen LogP contribution in [0.4, 0.5) is 5.69 Å². The third kappa shape index (κ3) is 4.99. The van der Waals surface area contributed by atoms with E-state index in [1.807, 2.05) is 43.3 Å². The first-order valence-electron chi connectivity index (χ1n) is 11.7. The predicted molar refractivity (Wildman–Crippen MR) is 127 cm³/mol. The minimum absolute atomic E-state index is 0.173. The van der Waals surface area contributed by atoms with Crippen LogP contribution in [0.1, 0.15) is 67.4 Å². The second kappa shape index (κ2) is 10.0. The van der Waals surface area contributed by atoms with Crippen molar-refractivity contribution in [2.24, 2.45) is 0 Å². The first kappa shape index (κ1) is 22.8. The van der Waals surface area contributed by atoms with Crippen LogP contribution in [-0.4, -0.2) is 44.8 Å². The van der Waals surface area contributed by atoms with Gasteiger partial charge in [0.2, 0.25) is 10.0 Å². The van der Waals surface area contributed by atoms with Crippen molar-refractivity contribution in [1.82, 2.24) is 9.62 Å². The molecule has 0 spiro atoms. The summed E-state index contributed by atoms with van der Waals surface area (Å²) >= 11 is 0. The Bertz CT molecular complexity index is 1030. The summed E-state index contributed by atoms with van der Waals surface area (Å²) in [6.45, 7) is 4.71. The number of rotatable bonds is 6. The molecule has 6 nitrogen and oxygen atoms in total. The molecule has 7 heteroatoms. The van der Waals surface area contributed by atoms with Gasteiger partial charge in [0.15, 0.2) is 0 Å². The molecule has 1 amide bonds. The second-order valence-corrected chi connectivity index (χ2v) is 10.7. The van der Waals surface area contributed by atoms with Crippen molar-refractivity contribution in [2.75, 3.05) is 31.1 Å². The van der Waals surface area contributed by atoms with Crippen LogP contribution in [0.5, 0.6) is 0 Å². The van der Waals surface area contributed by atoms with Gasteiger partial charge in [-0.1, -0.05) is 36.8 Å². The van der Waals surface area contributed by atoms with Gasteiger partial charge in [-0.3, -0.25) is 4.79 Å². The van der Waals surface area contributed by atoms with Gasteiger partial charge in [-0.15, -0.1) is 0 Å². The highest BCUT2D eigenvalue weighted by Crippen LogP contribution is 2.32. The molecule has 2 fully saturated rings. The Morgan fingerprint density at radius 1 is 0.875 bits per heavy atom. The molecule has 2 aliphatic rings. The number of nitrogens with one attached hydrogen (secondary N) is 1. The Morgan fingerprint density at radius 2 is 1.50 bits per heavy atom. The van der Waals surface area contributed by atoms with Gasteiger partial charge >= 0.3 is 0 Å². The minimum Gasteiger partial charge on any atom is -0.370 e. The number of carbonyl (C=O) groups is 1. The summed E-state index contributed by atoms with van der Waals surface area (Å²) < 4.78 is 28.9. The lowest BCUT2D eigenvalue weighted by Crippen LogP contribution is -2.38. The third-order valence-corrected chi connectivity index (χ3v) is 8.43. The Morgan fingerprint density at radius 3 is 2.16 bits per heavy atom. The van der Waals surface area contributed by atoms with Crippen molar-refractivity contribution in [3.05, 3.63) is 59.7 Å². The molecule has 4 rings (SSSR count). The van der Waals surface area contributed by atoms with Crippen LogP contribution >= 0.6 is 0 Å². The molecule has 32 heavy (non-hydrogen) atoms. The number of anilines is 1. The fraction of sp³-hybridized carbons (Fsp3) is 0.480. The fourth-order valence-corrected chi connectivity index (χ4v) is 6.36. The van der Waals surface area contributed by atoms with Gasteiger partial charge in [0.1, 0.15) is 4.90 Å². The maximum absolute atomic E-state index is 13.6. The lowest BCUT2D eigenvalue weighted by Gasteiger charge is -2.33. The van der Waals surface area contributed by atoms with Crippen LogP contribution in [0.15, 0.2) is 53.4 Å². The Balaban J connectivity index is 1.65. The smallest absolute Gasteiger partial charge is 0.251 e. The monoisotopic (exact) mass is 455 g/mol. The second-order valence-electron chi connectivity index (χ2n) is 8.80. The van der Waals surface area contributed by atoms with Gasteiger partial charge in [-0.25, -0.2) is 8.42 Å². The van der Waals surface area contributed by atoms with Gasteiger partial charge in [-0.2, -0.15) is 4.31 Å². The van der Waals surface area contributed by atoms with E-state index in [4.69, 9.17) is 0 Å². The fourth-order valence-electron chi connectivity index (χ4n) is 4.61. The van der Waals surface area contributed by atoms with Crippen molar-refractivity contribution >= 4 is 21.6 Å². The summed E-state index contributed by atoms with van der Waals surface area (Å²) in [6.07, 6.45) is 6.10. The zero-order valence-electron chi connectivity index (χ0n) is 18.8. The molecule has 2 aromatic carbocycles. The number of nitrogens with zero attached hydrogens (tertiary/aromatic N) is 2. The summed E-state index contributed by atoms with van der Waals surface area (Å²) in [5, 5.41) is 3.01. The molecule has 0 radical (unpaired) electrons. The summed E-state index contributed by atoms with van der Waals surface area (Å²) in [5.41, 5.74) is 2.11. The lowest BCUT2D eigenvalue weighted by molar-refractivity contribution is 0.0939. The van der Waals surface area contributed by atoms with Crippen molar-refractivity contribution in [3.63, 3.8) is 0 Å². The quantitative estimate of drug-likeness (QED) is 0.703. The average molecular weight is 456 g/mol. The largest absolute Gasteiger partial charge is 0.370 e. The van der Waals surface area contributed by atoms with Gasteiger partial charge in [0.25, 0.3) is 5.91 Å². The van der Waals surface area contributed by atoms with Crippen LogP contribution in [0.25, 0.3) is 0 Å². The van der Waals surface area contributed by atoms with E-state index in [-0.39, 0.29) is 16.8 Å². The van der Waals surface area contributed by atoms with Crippen molar-refractivity contribution in [1.29, 1.82) is 0 Å². The van der Waals surface area contributed by atoms with Crippen LogP contribution in [0, 0.1) is 0 Å². The van der Waals surface area contributed by atoms with E-state index in [1.165, 1.54) is 6.42 Å². The highest BCUT2D eigenvalue weighted by Gasteiger charge is 2.31. The summed E-state index contributed by atoms with van der Waals surface area (Å²) in [4.78, 5) is 15.5. The molecule has 2 aliphatic heterocycles. The number of amides is 1. The average Bonchev–Trinajstić information content (AvgIpc) is 2.85. The van der Waals surface area contributed by atoms with E-state index >= 15 is 0 Å². The molecule has 172 valence electrons. The molecule has 0 aromatic heterocycles. The van der Waals surface area contributed by atoms with Crippen molar-refractivity contribution in [2.45, 2.75) is 56.4 Å². The standard InChI is InChI=1S/C25H33N3O3S/c1-20(21-11-5-2-6-12-21)26-25(29)22-13-14-23(27-15-7-3-8-16-27)24(19-22)32(30,31)28-17-9-4-10-18-28/h2,5-6,11-14,19-20H,3-4,7-10,15-18H2,1H3,(H,26,29)/t20-/m1/s1.